The van der Waals surface area contributed by atoms with Gasteiger partial charge >= 0.3 is 0 Å². The zero-order valence-corrected chi connectivity index (χ0v) is 65.6. The Morgan fingerprint density at radius 1 is 0.175 bits per heavy atom. The lowest BCUT2D eigenvalue weighted by molar-refractivity contribution is 0.670. The fourth-order valence-electron chi connectivity index (χ4n) is 17.9. The summed E-state index contributed by atoms with van der Waals surface area (Å²) in [5, 5.41) is 14.7. The zero-order chi connectivity index (χ0) is 79.4. The number of hydrogen-bond acceptors (Lipinski definition) is 3. The fraction of sp³-hybridized carbons (Fsp3) is 0. The number of rotatable bonds is 13. The van der Waals surface area contributed by atoms with E-state index in [1.807, 2.05) is 12.1 Å². The van der Waals surface area contributed by atoms with Gasteiger partial charge in [0.05, 0.1) is 33.8 Å². The van der Waals surface area contributed by atoms with Gasteiger partial charge in [-0.15, -0.1) is 0 Å². The molecule has 0 spiro atoms. The number of hydrogen-bond donors (Lipinski definition) is 0. The Kier molecular flexibility index (Phi) is 17.9. The lowest BCUT2D eigenvalue weighted by Gasteiger charge is -2.14. The van der Waals surface area contributed by atoms with E-state index in [0.29, 0.717) is 0 Å². The van der Waals surface area contributed by atoms with E-state index in [0.717, 1.165) is 112 Å². The van der Waals surface area contributed by atoms with Crippen LogP contribution in [0.3, 0.4) is 0 Å². The van der Waals surface area contributed by atoms with E-state index < -0.39 is 0 Å². The number of benzene rings is 19. The first-order valence-electron chi connectivity index (χ1n) is 41.0. The predicted octanol–water partition coefficient (Wildman–Crippen LogP) is 31.8. The van der Waals surface area contributed by atoms with Gasteiger partial charge in [0.15, 0.2) is 0 Å². The summed E-state index contributed by atoms with van der Waals surface area (Å²) in [5.41, 5.74) is 32.1. The largest absolute Gasteiger partial charge is 0.455 e. The molecule has 19 aromatic carbocycles. The number of nitrogens with zero attached hydrogens (tertiary/aromatic N) is 3. The summed E-state index contributed by atoms with van der Waals surface area (Å²) in [6, 6.07) is 163. The molecule has 0 saturated carbocycles. The van der Waals surface area contributed by atoms with Crippen molar-refractivity contribution in [3.05, 3.63) is 455 Å². The summed E-state index contributed by atoms with van der Waals surface area (Å²) in [4.78, 5) is 10.7. The normalized spacial score (nSPS) is 11.5. The van der Waals surface area contributed by atoms with Crippen molar-refractivity contribution in [1.29, 1.82) is 0 Å². The van der Waals surface area contributed by atoms with Crippen LogP contribution < -0.4 is 0 Å². The maximum atomic E-state index is 6.39. The predicted molar refractivity (Wildman–Crippen MR) is 505 cm³/mol. The van der Waals surface area contributed by atoms with Crippen molar-refractivity contribution < 1.29 is 4.42 Å². The Hall–Kier alpha value is -15.9. The van der Waals surface area contributed by atoms with Crippen LogP contribution in [0.1, 0.15) is 0 Å². The van der Waals surface area contributed by atoms with Crippen LogP contribution in [0, 0.1) is 0 Å². The van der Waals surface area contributed by atoms with Crippen molar-refractivity contribution in [2.24, 2.45) is 0 Å². The zero-order valence-electron chi connectivity index (χ0n) is 65.6. The van der Waals surface area contributed by atoms with Gasteiger partial charge in [-0.3, -0.25) is 0 Å². The molecule has 0 radical (unpaired) electrons. The minimum Gasteiger partial charge on any atom is -0.455 e. The van der Waals surface area contributed by atoms with Crippen LogP contribution >= 0.6 is 0 Å². The van der Waals surface area contributed by atoms with Crippen molar-refractivity contribution in [2.75, 3.05) is 0 Å². The molecule has 4 heteroatoms. The highest BCUT2D eigenvalue weighted by Gasteiger charge is 2.21. The minimum atomic E-state index is 0.903. The first-order valence-corrected chi connectivity index (χ1v) is 41.0. The molecule has 0 N–H and O–H groups in total. The molecule has 560 valence electrons. The van der Waals surface area contributed by atoms with Gasteiger partial charge in [0.1, 0.15) is 11.2 Å². The molecule has 120 heavy (non-hydrogen) atoms. The summed E-state index contributed by atoms with van der Waals surface area (Å²) in [6.45, 7) is 0. The number of fused-ring (bicyclic) bond motifs is 10. The van der Waals surface area contributed by atoms with Gasteiger partial charge in [-0.1, -0.05) is 406 Å². The average Bonchev–Trinajstić information content (AvgIpc) is 1.57. The summed E-state index contributed by atoms with van der Waals surface area (Å²) >= 11 is 0. The third kappa shape index (κ3) is 13.1. The summed E-state index contributed by atoms with van der Waals surface area (Å²) in [6.07, 6.45) is 0. The van der Waals surface area contributed by atoms with E-state index in [4.69, 9.17) is 14.4 Å². The molecule has 0 amide bonds. The van der Waals surface area contributed by atoms with Crippen LogP contribution in [0.15, 0.2) is 459 Å². The van der Waals surface area contributed by atoms with Gasteiger partial charge in [-0.2, -0.15) is 0 Å². The van der Waals surface area contributed by atoms with Crippen molar-refractivity contribution in [1.82, 2.24) is 14.5 Å². The first-order chi connectivity index (χ1) is 59.5. The van der Waals surface area contributed by atoms with Crippen LogP contribution in [0.25, 0.3) is 227 Å². The molecule has 4 aromatic heterocycles. The minimum absolute atomic E-state index is 0.903. The SMILES string of the molecule is c1ccc(-n2c3ccccc3c3cccc(-c4ccc(-c5cc(-c6ccc(-c7cccc8ccccc78)cc6)cc(-c6ccc(-c7cccc8ccccc78)cc6)n5)cc4)c32)cc1.c1ccc2c(-c3ccc(-c4cc(-c5ccc(-c6cccc7ccccc67)cc5)nc(-c5ccc(-c6cccc7c6oc6ccccc67)cc5)c4)cc3)cccc2c1. The lowest BCUT2D eigenvalue weighted by atomic mass is 9.94. The van der Waals surface area contributed by atoms with Gasteiger partial charge in [0.2, 0.25) is 0 Å². The van der Waals surface area contributed by atoms with Crippen molar-refractivity contribution in [3.8, 4) is 140 Å². The van der Waals surface area contributed by atoms with Crippen molar-refractivity contribution in [2.45, 2.75) is 0 Å². The molecule has 0 aliphatic carbocycles. The Bertz CT molecular complexity index is 7530. The Morgan fingerprint density at radius 3 is 0.858 bits per heavy atom. The summed E-state index contributed by atoms with van der Waals surface area (Å²) < 4.78 is 8.79. The van der Waals surface area contributed by atoms with E-state index in [1.165, 1.54) is 115 Å². The molecule has 0 atom stereocenters. The smallest absolute Gasteiger partial charge is 0.143 e. The second kappa shape index (κ2) is 30.4. The third-order valence-electron chi connectivity index (χ3n) is 23.9. The molecular formula is C116H75N3O. The second-order valence-electron chi connectivity index (χ2n) is 31.0. The van der Waals surface area contributed by atoms with E-state index in [1.54, 1.807) is 0 Å². The Labute approximate surface area is 695 Å². The Balaban J connectivity index is 0.000000145. The molecule has 0 aliphatic rings. The third-order valence-corrected chi connectivity index (χ3v) is 23.9. The number of pyridine rings is 2. The average molecular weight is 1530 g/mol. The Morgan fingerprint density at radius 2 is 0.450 bits per heavy atom. The van der Waals surface area contributed by atoms with E-state index in [-0.39, 0.29) is 0 Å². The molecule has 0 saturated heterocycles. The van der Waals surface area contributed by atoms with Crippen LogP contribution in [0.2, 0.25) is 0 Å². The quantitative estimate of drug-likeness (QED) is 0.116. The fourth-order valence-corrected chi connectivity index (χ4v) is 17.9. The molecule has 0 fully saturated rings. The topological polar surface area (TPSA) is 43.9 Å². The maximum absolute atomic E-state index is 6.39. The maximum Gasteiger partial charge on any atom is 0.143 e. The van der Waals surface area contributed by atoms with E-state index in [2.05, 4.69) is 447 Å². The van der Waals surface area contributed by atoms with Gasteiger partial charge < -0.3 is 8.98 Å². The molecule has 0 aliphatic heterocycles. The molecule has 4 heterocycles. The molecular weight excluding hydrogens is 1450 g/mol. The standard InChI is InChI=1S/C61H40N2.C55H35NO/c1-2-17-50(18-3-1)63-60-26-9-8-21-56(60)57-25-12-24-55(61(57)63)46-33-37-48(38-34-46)59-40-49(41-27-29-44(30-28-41)53-22-10-15-42-13-4-6-19-51(42)53)39-58(62-59)47-35-31-45(32-36-47)54-23-11-16-43-14-5-7-20-52(43)54;1-3-14-45-37(10-1)12-7-17-47(45)39-24-22-36(23-25-39)44-34-52(42-30-26-40(27-31-42)48-18-8-13-38-11-2-4-15-46(38)48)56-53(35-44)43-32-28-41(29-33-43)49-19-9-20-51-50-16-5-6-21-54(50)57-55(49)51/h1-40H;1-35H. The van der Waals surface area contributed by atoms with Crippen LogP contribution in [-0.4, -0.2) is 14.5 Å². The molecule has 0 unspecified atom stereocenters. The highest BCUT2D eigenvalue weighted by Crippen LogP contribution is 2.44. The van der Waals surface area contributed by atoms with Gasteiger partial charge in [-0.25, -0.2) is 9.97 Å². The summed E-state index contributed by atoms with van der Waals surface area (Å²) in [7, 11) is 0. The van der Waals surface area contributed by atoms with Crippen molar-refractivity contribution >= 4 is 86.8 Å². The highest BCUT2D eigenvalue weighted by molar-refractivity contribution is 6.14. The summed E-state index contributed by atoms with van der Waals surface area (Å²) in [5.74, 6) is 0. The van der Waals surface area contributed by atoms with E-state index >= 15 is 0 Å². The first kappa shape index (κ1) is 70.7. The molecule has 23 aromatic rings. The molecule has 23 rings (SSSR count). The number of aromatic nitrogens is 3. The monoisotopic (exact) mass is 1530 g/mol. The lowest BCUT2D eigenvalue weighted by Crippen LogP contribution is -1.95. The number of para-hydroxylation sites is 5. The molecule has 4 nitrogen and oxygen atoms in total. The van der Waals surface area contributed by atoms with Crippen LogP contribution in [-0.2, 0) is 0 Å². The second-order valence-corrected chi connectivity index (χ2v) is 31.0. The van der Waals surface area contributed by atoms with Crippen molar-refractivity contribution in [3.63, 3.8) is 0 Å². The van der Waals surface area contributed by atoms with Gasteiger partial charge in [-0.05, 0) is 170 Å². The molecule has 0 bridgehead atoms. The van der Waals surface area contributed by atoms with Crippen LogP contribution in [0.4, 0.5) is 0 Å². The van der Waals surface area contributed by atoms with Crippen LogP contribution in [0.5, 0.6) is 0 Å². The van der Waals surface area contributed by atoms with Gasteiger partial charge in [0.25, 0.3) is 0 Å². The van der Waals surface area contributed by atoms with E-state index in [9.17, 15) is 0 Å². The highest BCUT2D eigenvalue weighted by atomic mass is 16.3. The number of furan rings is 1. The van der Waals surface area contributed by atoms with Gasteiger partial charge in [0, 0.05) is 60.6 Å².